The van der Waals surface area contributed by atoms with Crippen LogP contribution in [0.1, 0.15) is 30.0 Å². The summed E-state index contributed by atoms with van der Waals surface area (Å²) < 4.78 is 0. The first-order valence-corrected chi connectivity index (χ1v) is 7.20. The number of nitrogens with zero attached hydrogens (tertiary/aromatic N) is 1. The minimum absolute atomic E-state index is 0.0583. The lowest BCUT2D eigenvalue weighted by atomic mass is 10.00. The van der Waals surface area contributed by atoms with Crippen LogP contribution in [0, 0.1) is 0 Å². The quantitative estimate of drug-likeness (QED) is 0.767. The SMILES string of the molecule is CNCCCC(=O)NC(c1ccccc1)c1cccnc1. The van der Waals surface area contributed by atoms with Crippen LogP contribution in [-0.4, -0.2) is 24.5 Å². The number of aromatic nitrogens is 1. The van der Waals surface area contributed by atoms with E-state index in [0.29, 0.717) is 6.42 Å². The molecule has 0 spiro atoms. The maximum Gasteiger partial charge on any atom is 0.220 e. The van der Waals surface area contributed by atoms with E-state index in [9.17, 15) is 4.79 Å². The van der Waals surface area contributed by atoms with Gasteiger partial charge in [-0.15, -0.1) is 0 Å². The molecule has 21 heavy (non-hydrogen) atoms. The van der Waals surface area contributed by atoms with Crippen molar-refractivity contribution in [2.45, 2.75) is 18.9 Å². The van der Waals surface area contributed by atoms with E-state index < -0.39 is 0 Å². The van der Waals surface area contributed by atoms with E-state index in [2.05, 4.69) is 15.6 Å². The second-order valence-corrected chi connectivity index (χ2v) is 4.90. The number of rotatable bonds is 7. The molecule has 1 atom stereocenters. The number of amides is 1. The molecule has 0 aliphatic rings. The van der Waals surface area contributed by atoms with Gasteiger partial charge in [-0.3, -0.25) is 9.78 Å². The number of carbonyl (C=O) groups is 1. The molecule has 110 valence electrons. The molecule has 1 aromatic heterocycles. The molecule has 0 saturated heterocycles. The Labute approximate surface area is 125 Å². The van der Waals surface area contributed by atoms with Crippen molar-refractivity contribution >= 4 is 5.91 Å². The zero-order valence-corrected chi connectivity index (χ0v) is 12.3. The lowest BCUT2D eigenvalue weighted by Crippen LogP contribution is -2.29. The largest absolute Gasteiger partial charge is 0.345 e. The maximum atomic E-state index is 12.1. The molecule has 2 N–H and O–H groups in total. The van der Waals surface area contributed by atoms with E-state index in [1.165, 1.54) is 0 Å². The summed E-state index contributed by atoms with van der Waals surface area (Å²) in [4.78, 5) is 16.3. The molecule has 0 fully saturated rings. The number of hydrogen-bond donors (Lipinski definition) is 2. The van der Waals surface area contributed by atoms with Crippen molar-refractivity contribution < 1.29 is 4.79 Å². The predicted octanol–water partition coefficient (Wildman–Crippen LogP) is 2.29. The average Bonchev–Trinajstić information content (AvgIpc) is 2.54. The molecule has 1 aromatic carbocycles. The Morgan fingerprint density at radius 1 is 1.14 bits per heavy atom. The highest BCUT2D eigenvalue weighted by Gasteiger charge is 2.16. The molecular weight excluding hydrogens is 262 g/mol. The van der Waals surface area contributed by atoms with E-state index in [1.807, 2.05) is 49.5 Å². The van der Waals surface area contributed by atoms with Gasteiger partial charge in [0.15, 0.2) is 0 Å². The van der Waals surface area contributed by atoms with Crippen molar-refractivity contribution in [3.63, 3.8) is 0 Å². The van der Waals surface area contributed by atoms with Crippen molar-refractivity contribution in [2.75, 3.05) is 13.6 Å². The van der Waals surface area contributed by atoms with Gasteiger partial charge in [-0.25, -0.2) is 0 Å². The molecule has 0 bridgehead atoms. The summed E-state index contributed by atoms with van der Waals surface area (Å²) in [5.41, 5.74) is 2.05. The van der Waals surface area contributed by atoms with Crippen LogP contribution in [0.15, 0.2) is 54.9 Å². The van der Waals surface area contributed by atoms with Crippen LogP contribution in [0.4, 0.5) is 0 Å². The fourth-order valence-electron chi connectivity index (χ4n) is 2.21. The van der Waals surface area contributed by atoms with E-state index >= 15 is 0 Å². The summed E-state index contributed by atoms with van der Waals surface area (Å²) in [6.45, 7) is 0.844. The number of hydrogen-bond acceptors (Lipinski definition) is 3. The third-order valence-electron chi connectivity index (χ3n) is 3.29. The highest BCUT2D eigenvalue weighted by atomic mass is 16.1. The molecule has 0 saturated carbocycles. The average molecular weight is 283 g/mol. The smallest absolute Gasteiger partial charge is 0.220 e. The normalized spacial score (nSPS) is 11.9. The zero-order valence-electron chi connectivity index (χ0n) is 12.3. The molecule has 1 unspecified atom stereocenters. The van der Waals surface area contributed by atoms with Gasteiger partial charge in [0.05, 0.1) is 6.04 Å². The van der Waals surface area contributed by atoms with Gasteiger partial charge < -0.3 is 10.6 Å². The molecule has 1 amide bonds. The predicted molar refractivity (Wildman–Crippen MR) is 83.8 cm³/mol. The lowest BCUT2D eigenvalue weighted by Gasteiger charge is -2.19. The van der Waals surface area contributed by atoms with Crippen LogP contribution >= 0.6 is 0 Å². The first kappa shape index (κ1) is 15.2. The summed E-state index contributed by atoms with van der Waals surface area (Å²) in [7, 11) is 1.89. The fraction of sp³-hybridized carbons (Fsp3) is 0.294. The minimum atomic E-state index is -0.151. The Morgan fingerprint density at radius 2 is 1.90 bits per heavy atom. The molecule has 2 aromatic rings. The molecule has 1 heterocycles. The molecule has 0 radical (unpaired) electrons. The number of benzene rings is 1. The minimum Gasteiger partial charge on any atom is -0.345 e. The Balaban J connectivity index is 2.12. The van der Waals surface area contributed by atoms with Crippen LogP contribution in [0.3, 0.4) is 0 Å². The molecular formula is C17H21N3O. The standard InChI is InChI=1S/C17H21N3O/c1-18-11-6-10-16(21)20-17(14-7-3-2-4-8-14)15-9-5-12-19-13-15/h2-5,7-9,12-13,17-18H,6,10-11H2,1H3,(H,20,21). The Morgan fingerprint density at radius 3 is 2.57 bits per heavy atom. The summed E-state index contributed by atoms with van der Waals surface area (Å²) in [5, 5.41) is 6.15. The van der Waals surface area contributed by atoms with Crippen LogP contribution in [-0.2, 0) is 4.79 Å². The van der Waals surface area contributed by atoms with Gasteiger partial charge in [0.2, 0.25) is 5.91 Å². The van der Waals surface area contributed by atoms with Crippen molar-refractivity contribution in [3.8, 4) is 0 Å². The lowest BCUT2D eigenvalue weighted by molar-refractivity contribution is -0.121. The highest BCUT2D eigenvalue weighted by Crippen LogP contribution is 2.21. The molecule has 0 aliphatic carbocycles. The van der Waals surface area contributed by atoms with E-state index in [-0.39, 0.29) is 11.9 Å². The van der Waals surface area contributed by atoms with Crippen molar-refractivity contribution in [2.24, 2.45) is 0 Å². The topological polar surface area (TPSA) is 54.0 Å². The Hall–Kier alpha value is -2.20. The summed E-state index contributed by atoms with van der Waals surface area (Å²) in [5.74, 6) is 0.0583. The molecule has 0 aliphatic heterocycles. The monoisotopic (exact) mass is 283 g/mol. The summed E-state index contributed by atoms with van der Waals surface area (Å²) >= 11 is 0. The first-order chi connectivity index (χ1) is 10.3. The van der Waals surface area contributed by atoms with Crippen LogP contribution in [0.25, 0.3) is 0 Å². The van der Waals surface area contributed by atoms with E-state index in [4.69, 9.17) is 0 Å². The highest BCUT2D eigenvalue weighted by molar-refractivity contribution is 5.77. The van der Waals surface area contributed by atoms with Crippen LogP contribution in [0.2, 0.25) is 0 Å². The van der Waals surface area contributed by atoms with Gasteiger partial charge in [-0.1, -0.05) is 36.4 Å². The van der Waals surface area contributed by atoms with Gasteiger partial charge in [0.1, 0.15) is 0 Å². The molecule has 4 heteroatoms. The van der Waals surface area contributed by atoms with Crippen molar-refractivity contribution in [3.05, 3.63) is 66.0 Å². The summed E-state index contributed by atoms with van der Waals surface area (Å²) in [6, 6.07) is 13.7. The van der Waals surface area contributed by atoms with Crippen LogP contribution < -0.4 is 10.6 Å². The fourth-order valence-corrected chi connectivity index (χ4v) is 2.21. The second kappa shape index (κ2) is 8.17. The summed E-state index contributed by atoms with van der Waals surface area (Å²) in [6.07, 6.45) is 4.88. The second-order valence-electron chi connectivity index (χ2n) is 4.90. The third kappa shape index (κ3) is 4.68. The van der Waals surface area contributed by atoms with Gasteiger partial charge in [0.25, 0.3) is 0 Å². The number of carbonyl (C=O) groups excluding carboxylic acids is 1. The maximum absolute atomic E-state index is 12.1. The van der Waals surface area contributed by atoms with Crippen molar-refractivity contribution in [1.29, 1.82) is 0 Å². The van der Waals surface area contributed by atoms with E-state index in [1.54, 1.807) is 12.4 Å². The molecule has 4 nitrogen and oxygen atoms in total. The van der Waals surface area contributed by atoms with Crippen LogP contribution in [0.5, 0.6) is 0 Å². The van der Waals surface area contributed by atoms with Gasteiger partial charge in [-0.05, 0) is 37.2 Å². The van der Waals surface area contributed by atoms with Gasteiger partial charge >= 0.3 is 0 Å². The third-order valence-corrected chi connectivity index (χ3v) is 3.29. The molecule has 2 rings (SSSR count). The number of nitrogens with one attached hydrogen (secondary N) is 2. The van der Waals surface area contributed by atoms with Gasteiger partial charge in [0, 0.05) is 18.8 Å². The van der Waals surface area contributed by atoms with E-state index in [0.717, 1.165) is 24.1 Å². The van der Waals surface area contributed by atoms with Crippen molar-refractivity contribution in [1.82, 2.24) is 15.6 Å². The first-order valence-electron chi connectivity index (χ1n) is 7.20. The Bertz CT molecular complexity index is 503. The zero-order chi connectivity index (χ0) is 14.9. The number of pyridine rings is 1. The van der Waals surface area contributed by atoms with Gasteiger partial charge in [-0.2, -0.15) is 0 Å². The Kier molecular flexibility index (Phi) is 5.91.